The van der Waals surface area contributed by atoms with Gasteiger partial charge in [-0.1, -0.05) is 17.7 Å². The third-order valence-corrected chi connectivity index (χ3v) is 8.49. The molecule has 246 valence electrons. The second-order valence-electron chi connectivity index (χ2n) is 12.8. The van der Waals surface area contributed by atoms with Gasteiger partial charge in [0, 0.05) is 61.3 Å². The maximum Gasteiger partial charge on any atom is 0.410 e. The molecule has 46 heavy (non-hydrogen) atoms. The highest BCUT2D eigenvalue weighted by Gasteiger charge is 2.36. The van der Waals surface area contributed by atoms with E-state index in [0.717, 1.165) is 13.1 Å². The van der Waals surface area contributed by atoms with Gasteiger partial charge in [0.25, 0.3) is 0 Å². The molecule has 0 radical (unpaired) electrons. The van der Waals surface area contributed by atoms with Crippen molar-refractivity contribution in [1.29, 1.82) is 5.26 Å². The number of hydrogen-bond donors (Lipinski definition) is 0. The van der Waals surface area contributed by atoms with Crippen LogP contribution in [-0.4, -0.2) is 96.1 Å². The SMILES string of the molecule is Cc1ccc(F)c(C#N)c1-c1c(Cl)cc2c(N3C[C@H](C)N(C(=O)OC(C)(C)C)C[C@@H]3C)nc(OCCN3CCOCC3)nc2c1F. The van der Waals surface area contributed by atoms with Gasteiger partial charge in [-0.05, 0) is 59.2 Å². The molecular weight excluding hydrogens is 618 g/mol. The van der Waals surface area contributed by atoms with Gasteiger partial charge in [-0.2, -0.15) is 15.2 Å². The number of hydrogen-bond acceptors (Lipinski definition) is 9. The molecule has 2 saturated heterocycles. The first-order chi connectivity index (χ1) is 21.8. The van der Waals surface area contributed by atoms with Crippen LogP contribution >= 0.6 is 11.6 Å². The van der Waals surface area contributed by atoms with Gasteiger partial charge >= 0.3 is 12.1 Å². The van der Waals surface area contributed by atoms with Crippen molar-refractivity contribution in [2.45, 2.75) is 59.2 Å². The second-order valence-corrected chi connectivity index (χ2v) is 13.2. The lowest BCUT2D eigenvalue weighted by Gasteiger charge is -2.45. The van der Waals surface area contributed by atoms with E-state index < -0.39 is 23.3 Å². The van der Waals surface area contributed by atoms with Gasteiger partial charge in [0.15, 0.2) is 5.82 Å². The smallest absolute Gasteiger partial charge is 0.410 e. The lowest BCUT2D eigenvalue weighted by atomic mass is 9.93. The molecule has 5 rings (SSSR count). The van der Waals surface area contributed by atoms with Crippen molar-refractivity contribution in [2.75, 3.05) is 57.4 Å². The normalized spacial score (nSPS) is 19.3. The number of carbonyl (C=O) groups is 1. The summed E-state index contributed by atoms with van der Waals surface area (Å²) in [6.07, 6.45) is -0.413. The lowest BCUT2D eigenvalue weighted by Crippen LogP contribution is -2.59. The van der Waals surface area contributed by atoms with Crippen molar-refractivity contribution in [1.82, 2.24) is 19.8 Å². The molecule has 2 fully saturated rings. The summed E-state index contributed by atoms with van der Waals surface area (Å²) in [6, 6.07) is 5.50. The second kappa shape index (κ2) is 13.5. The Bertz CT molecular complexity index is 1670. The van der Waals surface area contributed by atoms with Crippen LogP contribution in [0.25, 0.3) is 22.0 Å². The number of aryl methyl sites for hydroxylation is 1. The molecule has 0 bridgehead atoms. The van der Waals surface area contributed by atoms with Crippen LogP contribution in [0.4, 0.5) is 19.4 Å². The van der Waals surface area contributed by atoms with Gasteiger partial charge < -0.3 is 24.0 Å². The van der Waals surface area contributed by atoms with Gasteiger partial charge in [0.2, 0.25) is 0 Å². The molecule has 2 aromatic carbocycles. The van der Waals surface area contributed by atoms with Crippen molar-refractivity contribution in [3.8, 4) is 23.2 Å². The number of anilines is 1. The van der Waals surface area contributed by atoms with Crippen LogP contribution in [0.1, 0.15) is 45.7 Å². The highest BCUT2D eigenvalue weighted by molar-refractivity contribution is 6.34. The molecule has 1 aromatic heterocycles. The highest BCUT2D eigenvalue weighted by Crippen LogP contribution is 2.42. The maximum absolute atomic E-state index is 16.7. The molecule has 10 nitrogen and oxygen atoms in total. The number of fused-ring (bicyclic) bond motifs is 1. The zero-order chi connectivity index (χ0) is 33.3. The van der Waals surface area contributed by atoms with Crippen molar-refractivity contribution < 1.29 is 27.8 Å². The fourth-order valence-corrected chi connectivity index (χ4v) is 6.16. The van der Waals surface area contributed by atoms with Crippen LogP contribution in [0.5, 0.6) is 6.01 Å². The molecule has 0 spiro atoms. The largest absolute Gasteiger partial charge is 0.462 e. The fraction of sp³-hybridized carbons (Fsp3) is 0.515. The summed E-state index contributed by atoms with van der Waals surface area (Å²) in [7, 11) is 0. The number of piperazine rings is 1. The number of halogens is 3. The minimum absolute atomic E-state index is 0.0193. The van der Waals surface area contributed by atoms with E-state index >= 15 is 4.39 Å². The van der Waals surface area contributed by atoms with Crippen molar-refractivity contribution in [3.05, 3.63) is 46.0 Å². The predicted molar refractivity (Wildman–Crippen MR) is 171 cm³/mol. The summed E-state index contributed by atoms with van der Waals surface area (Å²) < 4.78 is 48.5. The number of morpholine rings is 1. The molecule has 2 aliphatic rings. The summed E-state index contributed by atoms with van der Waals surface area (Å²) in [5, 5.41) is 10.1. The third kappa shape index (κ3) is 6.97. The minimum atomic E-state index is -0.817. The average molecular weight is 657 g/mol. The van der Waals surface area contributed by atoms with E-state index in [1.165, 1.54) is 12.1 Å². The minimum Gasteiger partial charge on any atom is -0.462 e. The number of nitriles is 1. The van der Waals surface area contributed by atoms with Crippen LogP contribution < -0.4 is 9.64 Å². The topological polar surface area (TPSA) is 104 Å². The van der Waals surface area contributed by atoms with E-state index in [2.05, 4.69) is 9.88 Å². The summed E-state index contributed by atoms with van der Waals surface area (Å²) >= 11 is 6.75. The standard InChI is InChI=1S/C33H39ClF2N6O4/c1-19-7-8-25(35)23(16-37)26(19)27-24(34)15-22-29(28(27)36)38-31(45-14-11-40-9-12-44-13-10-40)39-30(22)41-17-21(3)42(18-20(41)2)32(43)46-33(4,5)6/h7-8,15,20-21H,9-14,17-18H2,1-6H3/t20-,21-/m0/s1. The van der Waals surface area contributed by atoms with Crippen molar-refractivity contribution >= 4 is 34.4 Å². The van der Waals surface area contributed by atoms with E-state index in [1.54, 1.807) is 17.9 Å². The molecule has 1 amide bonds. The molecule has 0 saturated carbocycles. The van der Waals surface area contributed by atoms with Crippen molar-refractivity contribution in [3.63, 3.8) is 0 Å². The Balaban J connectivity index is 1.59. The van der Waals surface area contributed by atoms with E-state index in [-0.39, 0.29) is 51.9 Å². The molecule has 2 atom stereocenters. The zero-order valence-corrected chi connectivity index (χ0v) is 27.7. The average Bonchev–Trinajstić information content (AvgIpc) is 2.99. The Morgan fingerprint density at radius 3 is 2.52 bits per heavy atom. The Labute approximate surface area is 272 Å². The number of nitrogens with zero attached hydrogens (tertiary/aromatic N) is 6. The lowest BCUT2D eigenvalue weighted by molar-refractivity contribution is 0.0129. The molecule has 3 heterocycles. The van der Waals surface area contributed by atoms with E-state index in [1.807, 2.05) is 45.6 Å². The summed E-state index contributed by atoms with van der Waals surface area (Å²) in [5.41, 5.74) is -0.608. The Morgan fingerprint density at radius 2 is 1.85 bits per heavy atom. The molecule has 2 aliphatic heterocycles. The van der Waals surface area contributed by atoms with Crippen LogP contribution in [0, 0.1) is 29.9 Å². The van der Waals surface area contributed by atoms with Crippen LogP contribution in [0.3, 0.4) is 0 Å². The number of benzene rings is 2. The molecule has 0 aliphatic carbocycles. The van der Waals surface area contributed by atoms with Crippen LogP contribution in [0.2, 0.25) is 5.02 Å². The predicted octanol–water partition coefficient (Wildman–Crippen LogP) is 5.95. The van der Waals surface area contributed by atoms with Crippen LogP contribution in [-0.2, 0) is 9.47 Å². The Kier molecular flexibility index (Phi) is 9.86. The first-order valence-electron chi connectivity index (χ1n) is 15.4. The van der Waals surface area contributed by atoms with Gasteiger partial charge in [0.05, 0.1) is 23.8 Å². The monoisotopic (exact) mass is 656 g/mol. The zero-order valence-electron chi connectivity index (χ0n) is 27.0. The van der Waals surface area contributed by atoms with E-state index in [0.29, 0.717) is 49.6 Å². The number of carbonyl (C=O) groups excluding carboxylic acids is 1. The van der Waals surface area contributed by atoms with E-state index in [9.17, 15) is 14.4 Å². The quantitative estimate of drug-likeness (QED) is 0.318. The van der Waals surface area contributed by atoms with Gasteiger partial charge in [-0.15, -0.1) is 0 Å². The molecular formula is C33H39ClF2N6O4. The first-order valence-corrected chi connectivity index (χ1v) is 15.7. The number of ether oxygens (including phenoxy) is 3. The summed E-state index contributed by atoms with van der Waals surface area (Å²) in [4.78, 5) is 28.1. The Morgan fingerprint density at radius 1 is 1.13 bits per heavy atom. The van der Waals surface area contributed by atoms with Gasteiger partial charge in [-0.3, -0.25) is 4.90 Å². The highest BCUT2D eigenvalue weighted by atomic mass is 35.5. The molecule has 0 N–H and O–H groups in total. The summed E-state index contributed by atoms with van der Waals surface area (Å²) in [5.74, 6) is -1.21. The molecule has 13 heteroatoms. The number of aromatic nitrogens is 2. The third-order valence-electron chi connectivity index (χ3n) is 8.20. The number of amides is 1. The molecule has 3 aromatic rings. The van der Waals surface area contributed by atoms with Gasteiger partial charge in [0.1, 0.15) is 35.4 Å². The van der Waals surface area contributed by atoms with Gasteiger partial charge in [-0.25, -0.2) is 13.6 Å². The number of rotatable bonds is 6. The van der Waals surface area contributed by atoms with E-state index in [4.69, 9.17) is 30.8 Å². The molecule has 0 unspecified atom stereocenters. The Hall–Kier alpha value is -3.79. The first kappa shape index (κ1) is 33.6. The fourth-order valence-electron chi connectivity index (χ4n) is 5.87. The van der Waals surface area contributed by atoms with Crippen molar-refractivity contribution in [2.24, 2.45) is 0 Å². The maximum atomic E-state index is 16.7. The summed E-state index contributed by atoms with van der Waals surface area (Å²) in [6.45, 7) is 15.4. The van der Waals surface area contributed by atoms with Crippen LogP contribution in [0.15, 0.2) is 18.2 Å².